The van der Waals surface area contributed by atoms with E-state index in [9.17, 15) is 3.89 Å². The molecule has 3 rings (SSSR count). The van der Waals surface area contributed by atoms with E-state index < -0.39 is 0 Å². The maximum atomic E-state index is 12.6. The lowest BCUT2D eigenvalue weighted by Gasteiger charge is -2.01. The molecular weight excluding hydrogens is 227 g/mol. The van der Waals surface area contributed by atoms with Crippen molar-refractivity contribution in [3.63, 3.8) is 0 Å². The molecule has 0 N–H and O–H groups in total. The molecule has 0 amide bonds. The number of hydrogen-bond donors (Lipinski definition) is 0. The third-order valence-electron chi connectivity index (χ3n) is 2.33. The van der Waals surface area contributed by atoms with Crippen molar-refractivity contribution in [3.05, 3.63) is 43.1 Å². The Bertz CT molecular complexity index is 617. The van der Waals surface area contributed by atoms with E-state index >= 15 is 0 Å². The van der Waals surface area contributed by atoms with Gasteiger partial charge in [-0.2, -0.15) is 0 Å². The summed E-state index contributed by atoms with van der Waals surface area (Å²) >= 11 is 0.140. The Kier molecular flexibility index (Phi) is 2.14. The van der Waals surface area contributed by atoms with Crippen LogP contribution in [0.2, 0.25) is 0 Å². The minimum Gasteiger partial charge on any atom is -0.290 e. The van der Waals surface area contributed by atoms with E-state index in [1.165, 1.54) is 3.97 Å². The summed E-state index contributed by atoms with van der Waals surface area (Å²) in [5, 5.41) is 0.911. The van der Waals surface area contributed by atoms with Crippen LogP contribution in [0.3, 0.4) is 0 Å². The van der Waals surface area contributed by atoms with Crippen molar-refractivity contribution in [2.24, 2.45) is 0 Å². The quantitative estimate of drug-likeness (QED) is 0.683. The van der Waals surface area contributed by atoms with Crippen molar-refractivity contribution in [2.75, 3.05) is 0 Å². The van der Waals surface area contributed by atoms with Gasteiger partial charge in [-0.25, -0.2) is 13.9 Å². The molecule has 0 spiro atoms. The fourth-order valence-electron chi connectivity index (χ4n) is 1.57. The van der Waals surface area contributed by atoms with Crippen molar-refractivity contribution in [3.8, 4) is 5.82 Å². The Hall–Kier alpha value is -1.82. The van der Waals surface area contributed by atoms with E-state index in [1.54, 1.807) is 29.5 Å². The number of aromatic nitrogens is 4. The van der Waals surface area contributed by atoms with Crippen molar-refractivity contribution < 1.29 is 3.89 Å². The van der Waals surface area contributed by atoms with Crippen LogP contribution in [0.15, 0.2) is 43.1 Å². The predicted octanol–water partition coefficient (Wildman–Crippen LogP) is 2.60. The van der Waals surface area contributed by atoms with Crippen LogP contribution >= 0.6 is 12.3 Å². The van der Waals surface area contributed by atoms with Crippen LogP contribution in [0.4, 0.5) is 3.89 Å². The molecular formula is C10H7FN4S. The van der Waals surface area contributed by atoms with Gasteiger partial charge in [0.05, 0.1) is 0 Å². The van der Waals surface area contributed by atoms with Crippen molar-refractivity contribution in [1.29, 1.82) is 0 Å². The minimum absolute atomic E-state index is 0.140. The lowest BCUT2D eigenvalue weighted by molar-refractivity contribution is 0.917. The Morgan fingerprint density at radius 2 is 2.12 bits per heavy atom. The molecule has 0 saturated heterocycles. The van der Waals surface area contributed by atoms with Crippen LogP contribution in [-0.4, -0.2) is 18.5 Å². The van der Waals surface area contributed by atoms with Crippen LogP contribution in [0.5, 0.6) is 0 Å². The molecule has 0 aliphatic rings. The molecule has 0 radical (unpaired) electrons. The zero-order valence-electron chi connectivity index (χ0n) is 8.12. The van der Waals surface area contributed by atoms with Gasteiger partial charge in [-0.05, 0) is 18.2 Å². The van der Waals surface area contributed by atoms with Crippen LogP contribution in [0.1, 0.15) is 0 Å². The first-order chi connectivity index (χ1) is 7.88. The minimum atomic E-state index is 0.140. The number of nitrogens with zero attached hydrogens (tertiary/aromatic N) is 4. The zero-order chi connectivity index (χ0) is 11.0. The van der Waals surface area contributed by atoms with E-state index in [4.69, 9.17) is 0 Å². The van der Waals surface area contributed by atoms with E-state index in [0.717, 1.165) is 11.2 Å². The summed E-state index contributed by atoms with van der Waals surface area (Å²) < 4.78 is 15.7. The first-order valence-corrected chi connectivity index (χ1v) is 5.31. The van der Waals surface area contributed by atoms with E-state index in [0.29, 0.717) is 5.65 Å². The summed E-state index contributed by atoms with van der Waals surface area (Å²) in [7, 11) is 0. The van der Waals surface area contributed by atoms with Gasteiger partial charge >= 0.3 is 0 Å². The number of hydrogen-bond acceptors (Lipinski definition) is 3. The Morgan fingerprint density at radius 1 is 1.19 bits per heavy atom. The molecule has 3 heterocycles. The Balaban J connectivity index is 2.21. The molecule has 0 fully saturated rings. The highest BCUT2D eigenvalue weighted by Crippen LogP contribution is 2.20. The molecule has 4 nitrogen and oxygen atoms in total. The van der Waals surface area contributed by atoms with Crippen LogP contribution in [0, 0.1) is 0 Å². The lowest BCUT2D eigenvalue weighted by Crippen LogP contribution is -1.95. The van der Waals surface area contributed by atoms with Crippen molar-refractivity contribution >= 4 is 23.4 Å². The van der Waals surface area contributed by atoms with E-state index in [-0.39, 0.29) is 12.3 Å². The maximum Gasteiger partial charge on any atom is 0.171 e. The lowest BCUT2D eigenvalue weighted by atomic mass is 10.3. The summed E-state index contributed by atoms with van der Waals surface area (Å²) in [6.45, 7) is 0. The number of pyridine rings is 1. The molecule has 3 aromatic heterocycles. The summed E-state index contributed by atoms with van der Waals surface area (Å²) in [6.07, 6.45) is 6.78. The Labute approximate surface area is 95.2 Å². The Morgan fingerprint density at radius 3 is 2.88 bits per heavy atom. The molecule has 80 valence electrons. The van der Waals surface area contributed by atoms with Gasteiger partial charge in [-0.15, -0.1) is 3.89 Å². The van der Waals surface area contributed by atoms with Crippen molar-refractivity contribution in [1.82, 2.24) is 18.5 Å². The first kappa shape index (κ1) is 9.41. The van der Waals surface area contributed by atoms with Gasteiger partial charge in [0.25, 0.3) is 0 Å². The van der Waals surface area contributed by atoms with E-state index in [1.807, 2.05) is 18.2 Å². The summed E-state index contributed by atoms with van der Waals surface area (Å²) in [6, 6.07) is 5.61. The maximum absolute atomic E-state index is 12.6. The summed E-state index contributed by atoms with van der Waals surface area (Å²) in [5.41, 5.74) is 0.610. The highest BCUT2D eigenvalue weighted by Gasteiger charge is 2.05. The third-order valence-corrected chi connectivity index (χ3v) is 2.78. The highest BCUT2D eigenvalue weighted by molar-refractivity contribution is 7.92. The molecule has 3 aromatic rings. The molecule has 0 aliphatic heterocycles. The number of halogens is 1. The van der Waals surface area contributed by atoms with Gasteiger partial charge in [-0.3, -0.25) is 4.57 Å². The first-order valence-electron chi connectivity index (χ1n) is 4.64. The molecule has 6 heteroatoms. The number of fused-ring (bicyclic) bond motifs is 1. The fraction of sp³-hybridized carbons (Fsp3) is 0. The van der Waals surface area contributed by atoms with Gasteiger partial charge in [0.1, 0.15) is 12.1 Å². The molecule has 0 aliphatic carbocycles. The second-order valence-electron chi connectivity index (χ2n) is 3.26. The van der Waals surface area contributed by atoms with Gasteiger partial charge in [0.15, 0.2) is 18.0 Å². The van der Waals surface area contributed by atoms with Crippen molar-refractivity contribution in [2.45, 2.75) is 0 Å². The second-order valence-corrected chi connectivity index (χ2v) is 3.79. The topological polar surface area (TPSA) is 35.6 Å². The van der Waals surface area contributed by atoms with Crippen LogP contribution in [0.25, 0.3) is 16.9 Å². The average Bonchev–Trinajstić information content (AvgIpc) is 2.97. The molecule has 16 heavy (non-hydrogen) atoms. The summed E-state index contributed by atoms with van der Waals surface area (Å²) in [4.78, 5) is 8.32. The molecule has 0 bridgehead atoms. The highest BCUT2D eigenvalue weighted by atomic mass is 32.2. The molecule has 0 aromatic carbocycles. The average molecular weight is 234 g/mol. The molecule has 0 atom stereocenters. The molecule has 0 saturated carbocycles. The van der Waals surface area contributed by atoms with Gasteiger partial charge < -0.3 is 0 Å². The second kappa shape index (κ2) is 3.64. The largest absolute Gasteiger partial charge is 0.290 e. The number of rotatable bonds is 2. The fourth-order valence-corrected chi connectivity index (χ4v) is 1.89. The predicted molar refractivity (Wildman–Crippen MR) is 61.0 cm³/mol. The van der Waals surface area contributed by atoms with Gasteiger partial charge in [0, 0.05) is 24.0 Å². The van der Waals surface area contributed by atoms with E-state index in [2.05, 4.69) is 9.97 Å². The summed E-state index contributed by atoms with van der Waals surface area (Å²) in [5.74, 6) is 0.721. The third kappa shape index (κ3) is 1.38. The van der Waals surface area contributed by atoms with Gasteiger partial charge in [-0.1, -0.05) is 0 Å². The monoisotopic (exact) mass is 234 g/mol. The zero-order valence-corrected chi connectivity index (χ0v) is 8.93. The smallest absolute Gasteiger partial charge is 0.171 e. The standard InChI is InChI=1S/C10H7FN4S/c11-16-15-5-3-8-1-2-9(13-10(8)15)14-6-4-12-7-14/h1-7H. The van der Waals surface area contributed by atoms with Crippen LogP contribution < -0.4 is 0 Å². The van der Waals surface area contributed by atoms with Crippen LogP contribution in [-0.2, 0) is 0 Å². The normalized spacial score (nSPS) is 11.1. The van der Waals surface area contributed by atoms with Gasteiger partial charge in [0.2, 0.25) is 0 Å². The SMILES string of the molecule is FSn1ccc2ccc(-n3ccnc3)nc21. The number of imidazole rings is 1. The molecule has 0 unspecified atom stereocenters.